The number of aryl methyl sites for hydroxylation is 1. The monoisotopic (exact) mass is 253 g/mol. The molecule has 2 N–H and O–H groups in total. The van der Waals surface area contributed by atoms with Crippen LogP contribution in [0.2, 0.25) is 0 Å². The van der Waals surface area contributed by atoms with Gasteiger partial charge in [0.05, 0.1) is 6.04 Å². The minimum absolute atomic E-state index is 0.0630. The first-order valence-electron chi connectivity index (χ1n) is 6.23. The van der Waals surface area contributed by atoms with Crippen molar-refractivity contribution in [3.05, 3.63) is 29.8 Å². The van der Waals surface area contributed by atoms with E-state index in [1.165, 1.54) is 5.56 Å². The maximum Gasteiger partial charge on any atom is 0.176 e. The number of ether oxygens (including phenoxy) is 2. The lowest BCUT2D eigenvalue weighted by atomic mass is 10.1. The van der Waals surface area contributed by atoms with Gasteiger partial charge in [-0.3, -0.25) is 0 Å². The summed E-state index contributed by atoms with van der Waals surface area (Å²) < 4.78 is 10.4. The molecule has 4 nitrogen and oxygen atoms in total. The minimum Gasteiger partial charge on any atom is -0.396 e. The predicted octanol–water partition coefficient (Wildman–Crippen LogP) is 2.03. The van der Waals surface area contributed by atoms with Gasteiger partial charge in [-0.1, -0.05) is 12.1 Å². The lowest BCUT2D eigenvalue weighted by Crippen LogP contribution is -2.33. The van der Waals surface area contributed by atoms with E-state index in [2.05, 4.69) is 17.4 Å². The molecule has 18 heavy (non-hydrogen) atoms. The van der Waals surface area contributed by atoms with Gasteiger partial charge in [-0.15, -0.1) is 0 Å². The molecule has 0 aliphatic carbocycles. The maximum absolute atomic E-state index is 8.83. The number of nitrogens with one attached hydrogen (secondary N) is 1. The molecule has 0 spiro atoms. The standard InChI is InChI=1S/C14H23NO3/c1-11(14(17-2)18-3)15-13-8-4-6-12(10-13)7-5-9-16/h4,6,8,10-11,14-16H,5,7,9H2,1-3H3. The predicted molar refractivity (Wildman–Crippen MR) is 72.7 cm³/mol. The second-order valence-corrected chi connectivity index (χ2v) is 4.30. The average molecular weight is 253 g/mol. The van der Waals surface area contributed by atoms with Crippen molar-refractivity contribution in [2.45, 2.75) is 32.1 Å². The van der Waals surface area contributed by atoms with E-state index in [0.29, 0.717) is 0 Å². The zero-order chi connectivity index (χ0) is 13.4. The number of hydrogen-bond donors (Lipinski definition) is 2. The molecule has 0 aliphatic rings. The van der Waals surface area contributed by atoms with Gasteiger partial charge < -0.3 is 19.9 Å². The van der Waals surface area contributed by atoms with Crippen LogP contribution < -0.4 is 5.32 Å². The smallest absolute Gasteiger partial charge is 0.176 e. The highest BCUT2D eigenvalue weighted by Crippen LogP contribution is 2.15. The molecule has 0 bridgehead atoms. The van der Waals surface area contributed by atoms with E-state index in [0.717, 1.165) is 18.5 Å². The molecule has 1 rings (SSSR count). The summed E-state index contributed by atoms with van der Waals surface area (Å²) in [5.74, 6) is 0. The molecule has 1 unspecified atom stereocenters. The van der Waals surface area contributed by atoms with Crippen molar-refractivity contribution in [1.82, 2.24) is 0 Å². The summed E-state index contributed by atoms with van der Waals surface area (Å²) in [6.07, 6.45) is 1.40. The van der Waals surface area contributed by atoms with Crippen LogP contribution in [0.5, 0.6) is 0 Å². The van der Waals surface area contributed by atoms with Crippen LogP contribution in [0.4, 0.5) is 5.69 Å². The third-order valence-corrected chi connectivity index (χ3v) is 2.82. The largest absolute Gasteiger partial charge is 0.396 e. The van der Waals surface area contributed by atoms with Crippen molar-refractivity contribution in [1.29, 1.82) is 0 Å². The highest BCUT2D eigenvalue weighted by atomic mass is 16.7. The first-order chi connectivity index (χ1) is 8.71. The number of rotatable bonds is 8. The molecular formula is C14H23NO3. The molecule has 0 aromatic heterocycles. The Balaban J connectivity index is 2.60. The van der Waals surface area contributed by atoms with Crippen molar-refractivity contribution in [2.75, 3.05) is 26.1 Å². The molecule has 0 saturated carbocycles. The molecule has 1 aromatic carbocycles. The van der Waals surface area contributed by atoms with E-state index in [4.69, 9.17) is 14.6 Å². The molecule has 0 amide bonds. The van der Waals surface area contributed by atoms with E-state index in [9.17, 15) is 0 Å². The Bertz CT molecular complexity index is 340. The molecule has 1 atom stereocenters. The topological polar surface area (TPSA) is 50.7 Å². The van der Waals surface area contributed by atoms with Crippen LogP contribution in [0.1, 0.15) is 18.9 Å². The lowest BCUT2D eigenvalue weighted by molar-refractivity contribution is -0.109. The SMILES string of the molecule is COC(OC)C(C)Nc1cccc(CCCO)c1. The first-order valence-corrected chi connectivity index (χ1v) is 6.23. The minimum atomic E-state index is -0.272. The van der Waals surface area contributed by atoms with E-state index < -0.39 is 0 Å². The molecule has 0 fully saturated rings. The van der Waals surface area contributed by atoms with Gasteiger partial charge in [0.1, 0.15) is 0 Å². The molecule has 0 radical (unpaired) electrons. The molecule has 0 aliphatic heterocycles. The number of benzene rings is 1. The van der Waals surface area contributed by atoms with Crippen molar-refractivity contribution in [3.8, 4) is 0 Å². The number of anilines is 1. The van der Waals surface area contributed by atoms with Crippen LogP contribution in [-0.2, 0) is 15.9 Å². The fraction of sp³-hybridized carbons (Fsp3) is 0.571. The van der Waals surface area contributed by atoms with Crippen LogP contribution in [0.25, 0.3) is 0 Å². The van der Waals surface area contributed by atoms with Gasteiger partial charge in [0, 0.05) is 26.5 Å². The van der Waals surface area contributed by atoms with Crippen LogP contribution in [0.15, 0.2) is 24.3 Å². The summed E-state index contributed by atoms with van der Waals surface area (Å²) in [6, 6.07) is 8.25. The third-order valence-electron chi connectivity index (χ3n) is 2.82. The fourth-order valence-electron chi connectivity index (χ4n) is 1.94. The van der Waals surface area contributed by atoms with Gasteiger partial charge in [-0.2, -0.15) is 0 Å². The second-order valence-electron chi connectivity index (χ2n) is 4.30. The second kappa shape index (κ2) is 8.08. The number of methoxy groups -OCH3 is 2. The summed E-state index contributed by atoms with van der Waals surface area (Å²) in [6.45, 7) is 2.24. The number of aliphatic hydroxyl groups excluding tert-OH is 1. The Kier molecular flexibility index (Phi) is 6.72. The van der Waals surface area contributed by atoms with Crippen molar-refractivity contribution >= 4 is 5.69 Å². The maximum atomic E-state index is 8.83. The van der Waals surface area contributed by atoms with E-state index in [1.54, 1.807) is 14.2 Å². The summed E-state index contributed by atoms with van der Waals surface area (Å²) in [5, 5.41) is 12.2. The molecule has 4 heteroatoms. The summed E-state index contributed by atoms with van der Waals surface area (Å²) in [5.41, 5.74) is 2.25. The highest BCUT2D eigenvalue weighted by Gasteiger charge is 2.15. The molecule has 1 aromatic rings. The van der Waals surface area contributed by atoms with Crippen LogP contribution >= 0.6 is 0 Å². The van der Waals surface area contributed by atoms with Gasteiger partial charge in [-0.05, 0) is 37.5 Å². The summed E-state index contributed by atoms with van der Waals surface area (Å²) in [4.78, 5) is 0. The van der Waals surface area contributed by atoms with Crippen molar-refractivity contribution in [3.63, 3.8) is 0 Å². The van der Waals surface area contributed by atoms with Crippen molar-refractivity contribution < 1.29 is 14.6 Å². The Labute approximate surface area is 109 Å². The van der Waals surface area contributed by atoms with E-state index in [1.807, 2.05) is 19.1 Å². The molecular weight excluding hydrogens is 230 g/mol. The normalized spacial score (nSPS) is 12.7. The Morgan fingerprint density at radius 2 is 2.00 bits per heavy atom. The van der Waals surface area contributed by atoms with E-state index in [-0.39, 0.29) is 18.9 Å². The summed E-state index contributed by atoms with van der Waals surface area (Å²) >= 11 is 0. The van der Waals surface area contributed by atoms with Gasteiger partial charge in [-0.25, -0.2) is 0 Å². The van der Waals surface area contributed by atoms with Gasteiger partial charge in [0.25, 0.3) is 0 Å². The fourth-order valence-corrected chi connectivity index (χ4v) is 1.94. The Hall–Kier alpha value is -1.10. The molecule has 0 heterocycles. The van der Waals surface area contributed by atoms with Crippen LogP contribution in [-0.4, -0.2) is 38.3 Å². The van der Waals surface area contributed by atoms with Gasteiger partial charge in [0.15, 0.2) is 6.29 Å². The lowest BCUT2D eigenvalue weighted by Gasteiger charge is -2.23. The highest BCUT2D eigenvalue weighted by molar-refractivity contribution is 5.46. The zero-order valence-corrected chi connectivity index (χ0v) is 11.3. The molecule has 0 saturated heterocycles. The Morgan fingerprint density at radius 3 is 2.61 bits per heavy atom. The third kappa shape index (κ3) is 4.64. The van der Waals surface area contributed by atoms with Crippen molar-refractivity contribution in [2.24, 2.45) is 0 Å². The molecule has 102 valence electrons. The number of hydrogen-bond acceptors (Lipinski definition) is 4. The van der Waals surface area contributed by atoms with Gasteiger partial charge in [0.2, 0.25) is 0 Å². The first kappa shape index (κ1) is 15.0. The van der Waals surface area contributed by atoms with Crippen LogP contribution in [0, 0.1) is 0 Å². The van der Waals surface area contributed by atoms with Crippen LogP contribution in [0.3, 0.4) is 0 Å². The van der Waals surface area contributed by atoms with E-state index >= 15 is 0 Å². The average Bonchev–Trinajstić information content (AvgIpc) is 2.38. The number of aliphatic hydroxyl groups is 1. The van der Waals surface area contributed by atoms with Gasteiger partial charge >= 0.3 is 0 Å². The summed E-state index contributed by atoms with van der Waals surface area (Å²) in [7, 11) is 3.26. The quantitative estimate of drug-likeness (QED) is 0.696. The Morgan fingerprint density at radius 1 is 1.28 bits per heavy atom. The zero-order valence-electron chi connectivity index (χ0n) is 11.3.